The second-order valence-corrected chi connectivity index (χ2v) is 8.78. The summed E-state index contributed by atoms with van der Waals surface area (Å²) in [6.45, 7) is 3.20. The molecule has 3 amide bonds. The van der Waals surface area contributed by atoms with Crippen LogP contribution in [0.5, 0.6) is 5.75 Å². The molecule has 3 rings (SSSR count). The third-order valence-corrected chi connectivity index (χ3v) is 5.84. The van der Waals surface area contributed by atoms with Crippen LogP contribution < -0.4 is 10.1 Å². The van der Waals surface area contributed by atoms with Crippen LogP contribution in [-0.2, 0) is 23.9 Å². The lowest BCUT2D eigenvalue weighted by molar-refractivity contribution is -0.160. The Hall–Kier alpha value is -2.87. The van der Waals surface area contributed by atoms with Crippen LogP contribution in [0.25, 0.3) is 0 Å². The summed E-state index contributed by atoms with van der Waals surface area (Å²) in [5.74, 6) is -2.52. The maximum atomic E-state index is 12.9. The summed E-state index contributed by atoms with van der Waals surface area (Å²) < 4.78 is 10.4. The van der Waals surface area contributed by atoms with Gasteiger partial charge in [0.05, 0.1) is 24.6 Å². The number of nitrogens with zero attached hydrogens (tertiary/aromatic N) is 1. The average Bonchev–Trinajstić information content (AvgIpc) is 3.01. The van der Waals surface area contributed by atoms with Gasteiger partial charge in [-0.15, -0.1) is 0 Å². The number of hydrogen-bond donors (Lipinski definition) is 1. The molecule has 0 spiro atoms. The fraction of sp³-hybridized carbons (Fsp3) is 0.478. The molecule has 1 aromatic carbocycles. The first-order valence-corrected chi connectivity index (χ1v) is 10.9. The van der Waals surface area contributed by atoms with Crippen molar-refractivity contribution in [2.45, 2.75) is 39.2 Å². The van der Waals surface area contributed by atoms with Gasteiger partial charge in [0.1, 0.15) is 11.8 Å². The Morgan fingerprint density at radius 2 is 1.78 bits per heavy atom. The van der Waals surface area contributed by atoms with E-state index in [9.17, 15) is 19.2 Å². The topological polar surface area (TPSA) is 102 Å². The number of fused-ring (bicyclic) bond motifs is 1. The van der Waals surface area contributed by atoms with E-state index in [2.05, 4.69) is 5.32 Å². The normalized spacial score (nSPS) is 20.8. The molecule has 0 saturated carbocycles. The van der Waals surface area contributed by atoms with E-state index in [1.807, 2.05) is 26.0 Å². The van der Waals surface area contributed by atoms with E-state index in [1.54, 1.807) is 12.1 Å². The van der Waals surface area contributed by atoms with Crippen LogP contribution in [0, 0.1) is 17.8 Å². The lowest BCUT2D eigenvalue weighted by atomic mass is 9.85. The van der Waals surface area contributed by atoms with Gasteiger partial charge in [-0.05, 0) is 43.4 Å². The lowest BCUT2D eigenvalue weighted by Crippen LogP contribution is -2.47. The van der Waals surface area contributed by atoms with Gasteiger partial charge in [-0.25, -0.2) is 4.79 Å². The Balaban J connectivity index is 1.68. The smallest absolute Gasteiger partial charge is 0.329 e. The lowest BCUT2D eigenvalue weighted by Gasteiger charge is -2.26. The number of anilines is 1. The molecular weight excluding hydrogens is 436 g/mol. The predicted molar refractivity (Wildman–Crippen MR) is 118 cm³/mol. The zero-order valence-corrected chi connectivity index (χ0v) is 19.1. The maximum Gasteiger partial charge on any atom is 0.329 e. The van der Waals surface area contributed by atoms with E-state index in [4.69, 9.17) is 21.1 Å². The van der Waals surface area contributed by atoms with Crippen molar-refractivity contribution in [3.8, 4) is 5.75 Å². The first kappa shape index (κ1) is 23.8. The molecular formula is C23H27ClN2O6. The Morgan fingerprint density at radius 3 is 2.34 bits per heavy atom. The third kappa shape index (κ3) is 5.12. The number of halogens is 1. The van der Waals surface area contributed by atoms with Crippen molar-refractivity contribution in [1.29, 1.82) is 0 Å². The molecule has 0 radical (unpaired) electrons. The fourth-order valence-corrected chi connectivity index (χ4v) is 4.26. The minimum absolute atomic E-state index is 0.0263. The number of carbonyl (C=O) groups is 4. The van der Waals surface area contributed by atoms with Gasteiger partial charge < -0.3 is 14.8 Å². The molecule has 0 bridgehead atoms. The van der Waals surface area contributed by atoms with E-state index >= 15 is 0 Å². The van der Waals surface area contributed by atoms with Crippen LogP contribution in [0.2, 0.25) is 5.02 Å². The predicted octanol–water partition coefficient (Wildman–Crippen LogP) is 3.20. The van der Waals surface area contributed by atoms with Gasteiger partial charge in [-0.1, -0.05) is 37.6 Å². The van der Waals surface area contributed by atoms with E-state index in [0.717, 1.165) is 4.90 Å². The number of allylic oxidation sites excluding steroid dienone is 2. The first-order valence-electron chi connectivity index (χ1n) is 10.5. The zero-order chi connectivity index (χ0) is 23.4. The fourth-order valence-electron chi connectivity index (χ4n) is 4.08. The number of methoxy groups -OCH3 is 1. The second kappa shape index (κ2) is 10.2. The van der Waals surface area contributed by atoms with Gasteiger partial charge in [0.15, 0.2) is 6.61 Å². The molecule has 9 heteroatoms. The minimum atomic E-state index is -1.06. The number of ether oxygens (including phenoxy) is 2. The van der Waals surface area contributed by atoms with Crippen molar-refractivity contribution >= 4 is 41.0 Å². The van der Waals surface area contributed by atoms with Gasteiger partial charge in [-0.2, -0.15) is 0 Å². The molecule has 3 atom stereocenters. The van der Waals surface area contributed by atoms with Crippen LogP contribution in [-0.4, -0.2) is 48.3 Å². The van der Waals surface area contributed by atoms with Gasteiger partial charge in [0.25, 0.3) is 5.91 Å². The quantitative estimate of drug-likeness (QED) is 0.361. The van der Waals surface area contributed by atoms with Gasteiger partial charge in [0.2, 0.25) is 11.8 Å². The number of likely N-dealkylation sites (tertiary alicyclic amines) is 1. The monoisotopic (exact) mass is 462 g/mol. The van der Waals surface area contributed by atoms with Crippen molar-refractivity contribution in [3.05, 3.63) is 35.4 Å². The highest BCUT2D eigenvalue weighted by Gasteiger charge is 2.51. The number of hydrogen-bond acceptors (Lipinski definition) is 6. The highest BCUT2D eigenvalue weighted by Crippen LogP contribution is 2.37. The Morgan fingerprint density at radius 1 is 1.16 bits per heavy atom. The SMILES string of the molecule is COc1ccc(Cl)cc1NC(=O)COC(=O)[C@H](CC(C)C)N1C(=O)[C@@H]2CC=CC[C@H]2C1=O. The Labute approximate surface area is 191 Å². The summed E-state index contributed by atoms with van der Waals surface area (Å²) in [7, 11) is 1.45. The summed E-state index contributed by atoms with van der Waals surface area (Å²) in [4.78, 5) is 52.1. The molecule has 8 nitrogen and oxygen atoms in total. The van der Waals surface area contributed by atoms with E-state index in [-0.39, 0.29) is 24.2 Å². The van der Waals surface area contributed by atoms with Crippen molar-refractivity contribution in [2.24, 2.45) is 17.8 Å². The standard InChI is InChI=1S/C23H27ClN2O6/c1-13(2)10-18(26-21(28)15-6-4-5-7-16(15)22(26)29)23(30)32-12-20(27)25-17-11-14(24)8-9-19(17)31-3/h4-5,8-9,11,13,15-16,18H,6-7,10,12H2,1-3H3,(H,25,27)/t15-,16-,18+/m1/s1. The highest BCUT2D eigenvalue weighted by molar-refractivity contribution is 6.31. The number of rotatable bonds is 8. The molecule has 1 N–H and O–H groups in total. The molecule has 1 aliphatic carbocycles. The van der Waals surface area contributed by atoms with Crippen LogP contribution >= 0.6 is 11.6 Å². The van der Waals surface area contributed by atoms with Gasteiger partial charge in [-0.3, -0.25) is 19.3 Å². The zero-order valence-electron chi connectivity index (χ0n) is 18.3. The highest BCUT2D eigenvalue weighted by atomic mass is 35.5. The molecule has 32 heavy (non-hydrogen) atoms. The number of benzene rings is 1. The van der Waals surface area contributed by atoms with Crippen molar-refractivity contribution in [1.82, 2.24) is 4.90 Å². The number of carbonyl (C=O) groups excluding carboxylic acids is 4. The molecule has 1 aliphatic heterocycles. The first-order chi connectivity index (χ1) is 15.2. The molecule has 1 aromatic rings. The number of esters is 1. The summed E-state index contributed by atoms with van der Waals surface area (Å²) in [5.41, 5.74) is 0.334. The summed E-state index contributed by atoms with van der Waals surface area (Å²) in [5, 5.41) is 2.98. The maximum absolute atomic E-state index is 12.9. The van der Waals surface area contributed by atoms with Crippen LogP contribution in [0.15, 0.2) is 30.4 Å². The van der Waals surface area contributed by atoms with Crippen molar-refractivity contribution in [3.63, 3.8) is 0 Å². The summed E-state index contributed by atoms with van der Waals surface area (Å²) >= 11 is 5.96. The summed E-state index contributed by atoms with van der Waals surface area (Å²) in [6, 6.07) is 3.67. The average molecular weight is 463 g/mol. The minimum Gasteiger partial charge on any atom is -0.495 e. The second-order valence-electron chi connectivity index (χ2n) is 8.35. The molecule has 172 valence electrons. The number of amides is 3. The van der Waals surface area contributed by atoms with Gasteiger partial charge >= 0.3 is 5.97 Å². The largest absolute Gasteiger partial charge is 0.495 e. The Kier molecular flexibility index (Phi) is 7.56. The third-order valence-electron chi connectivity index (χ3n) is 5.60. The van der Waals surface area contributed by atoms with E-state index in [0.29, 0.717) is 29.3 Å². The summed E-state index contributed by atoms with van der Waals surface area (Å²) in [6.07, 6.45) is 5.01. The molecule has 1 saturated heterocycles. The molecule has 1 fully saturated rings. The van der Waals surface area contributed by atoms with E-state index < -0.39 is 36.4 Å². The van der Waals surface area contributed by atoms with Crippen molar-refractivity contribution < 1.29 is 28.7 Å². The number of nitrogens with one attached hydrogen (secondary N) is 1. The molecule has 1 heterocycles. The molecule has 2 aliphatic rings. The number of imide groups is 1. The Bertz CT molecular complexity index is 918. The van der Waals surface area contributed by atoms with Crippen LogP contribution in [0.3, 0.4) is 0 Å². The van der Waals surface area contributed by atoms with Crippen molar-refractivity contribution in [2.75, 3.05) is 19.0 Å². The van der Waals surface area contributed by atoms with Crippen LogP contribution in [0.4, 0.5) is 5.69 Å². The van der Waals surface area contributed by atoms with E-state index in [1.165, 1.54) is 13.2 Å². The molecule has 0 unspecified atom stereocenters. The van der Waals surface area contributed by atoms with Crippen LogP contribution in [0.1, 0.15) is 33.1 Å². The van der Waals surface area contributed by atoms with Gasteiger partial charge in [0, 0.05) is 5.02 Å². The molecule has 0 aromatic heterocycles.